The summed E-state index contributed by atoms with van der Waals surface area (Å²) < 4.78 is 27.3. The van der Waals surface area contributed by atoms with Gasteiger partial charge in [0.05, 0.1) is 15.5 Å². The zero-order chi connectivity index (χ0) is 20.3. The van der Waals surface area contributed by atoms with Gasteiger partial charge < -0.3 is 10.2 Å². The van der Waals surface area contributed by atoms with E-state index in [2.05, 4.69) is 10.2 Å². The molecule has 1 saturated heterocycles. The minimum atomic E-state index is -3.69. The first-order chi connectivity index (χ1) is 13.3. The van der Waals surface area contributed by atoms with Gasteiger partial charge in [0.2, 0.25) is 10.0 Å². The van der Waals surface area contributed by atoms with Gasteiger partial charge >= 0.3 is 0 Å². The predicted octanol–water partition coefficient (Wildman–Crippen LogP) is 2.86. The molecule has 0 atom stereocenters. The molecular formula is C19H21Cl2N3O3S. The first-order valence-corrected chi connectivity index (χ1v) is 11.0. The van der Waals surface area contributed by atoms with Crippen LogP contribution in [-0.2, 0) is 16.6 Å². The van der Waals surface area contributed by atoms with Crippen molar-refractivity contribution < 1.29 is 13.2 Å². The van der Waals surface area contributed by atoms with E-state index >= 15 is 0 Å². The molecule has 2 aromatic rings. The highest BCUT2D eigenvalue weighted by molar-refractivity contribution is 7.89. The van der Waals surface area contributed by atoms with Gasteiger partial charge in [-0.15, -0.1) is 0 Å². The third-order valence-corrected chi connectivity index (χ3v) is 7.27. The highest BCUT2D eigenvalue weighted by atomic mass is 35.5. The van der Waals surface area contributed by atoms with Crippen molar-refractivity contribution in [2.45, 2.75) is 11.4 Å². The molecule has 1 aliphatic rings. The van der Waals surface area contributed by atoms with Crippen molar-refractivity contribution in [3.05, 3.63) is 63.6 Å². The van der Waals surface area contributed by atoms with Crippen LogP contribution in [0.25, 0.3) is 0 Å². The quantitative estimate of drug-likeness (QED) is 0.774. The fraction of sp³-hybridized carbons (Fsp3) is 0.316. The van der Waals surface area contributed by atoms with Gasteiger partial charge in [-0.3, -0.25) is 4.79 Å². The summed E-state index contributed by atoms with van der Waals surface area (Å²) in [5.41, 5.74) is 0.874. The molecule has 1 aliphatic heterocycles. The Morgan fingerprint density at radius 3 is 2.39 bits per heavy atom. The Bertz CT molecular complexity index is 974. The van der Waals surface area contributed by atoms with Gasteiger partial charge in [-0.05, 0) is 36.9 Å². The summed E-state index contributed by atoms with van der Waals surface area (Å²) in [5, 5.41) is 3.47. The van der Waals surface area contributed by atoms with Crippen LogP contribution in [0, 0.1) is 0 Å². The van der Waals surface area contributed by atoms with Gasteiger partial charge in [0.1, 0.15) is 0 Å². The van der Waals surface area contributed by atoms with Crippen LogP contribution in [0.1, 0.15) is 15.9 Å². The van der Waals surface area contributed by atoms with Gasteiger partial charge in [-0.2, -0.15) is 4.31 Å². The minimum absolute atomic E-state index is 0.0596. The number of carbonyl (C=O) groups is 1. The molecule has 1 amide bonds. The Hall–Kier alpha value is -1.64. The molecular weight excluding hydrogens is 421 g/mol. The molecule has 0 aliphatic carbocycles. The van der Waals surface area contributed by atoms with Crippen molar-refractivity contribution in [2.24, 2.45) is 0 Å². The van der Waals surface area contributed by atoms with Gasteiger partial charge in [-0.1, -0.05) is 41.4 Å². The number of likely N-dealkylation sites (N-methyl/N-ethyl adjacent to an activating group) is 1. The lowest BCUT2D eigenvalue weighted by atomic mass is 10.2. The number of nitrogens with zero attached hydrogens (tertiary/aromatic N) is 2. The first kappa shape index (κ1) is 21.1. The molecule has 0 aromatic heterocycles. The number of hydrogen-bond acceptors (Lipinski definition) is 4. The van der Waals surface area contributed by atoms with Crippen molar-refractivity contribution in [1.82, 2.24) is 14.5 Å². The molecule has 28 heavy (non-hydrogen) atoms. The fourth-order valence-electron chi connectivity index (χ4n) is 2.93. The normalized spacial score (nSPS) is 16.1. The summed E-state index contributed by atoms with van der Waals surface area (Å²) in [4.78, 5) is 14.7. The topological polar surface area (TPSA) is 69.7 Å². The Morgan fingerprint density at radius 1 is 1.04 bits per heavy atom. The van der Waals surface area contributed by atoms with Gasteiger partial charge in [0.25, 0.3) is 5.91 Å². The van der Waals surface area contributed by atoms with Crippen LogP contribution in [0.3, 0.4) is 0 Å². The average molecular weight is 442 g/mol. The number of carbonyl (C=O) groups excluding carboxylic acids is 1. The molecule has 1 fully saturated rings. The molecule has 9 heteroatoms. The molecule has 3 rings (SSSR count). The maximum atomic E-state index is 12.9. The Balaban J connectivity index is 1.79. The second-order valence-electron chi connectivity index (χ2n) is 6.62. The van der Waals surface area contributed by atoms with Crippen molar-refractivity contribution in [2.75, 3.05) is 33.2 Å². The van der Waals surface area contributed by atoms with Gasteiger partial charge in [0, 0.05) is 37.7 Å². The number of nitrogens with one attached hydrogen (secondary N) is 1. The molecule has 6 nitrogen and oxygen atoms in total. The smallest absolute Gasteiger partial charge is 0.253 e. The summed E-state index contributed by atoms with van der Waals surface area (Å²) in [5.74, 6) is -0.458. The van der Waals surface area contributed by atoms with Crippen LogP contribution in [0.15, 0.2) is 47.4 Å². The van der Waals surface area contributed by atoms with Crippen molar-refractivity contribution in [1.29, 1.82) is 0 Å². The van der Waals surface area contributed by atoms with E-state index in [9.17, 15) is 13.2 Å². The third kappa shape index (κ3) is 4.67. The maximum absolute atomic E-state index is 12.9. The van der Waals surface area contributed by atoms with E-state index in [1.807, 2.05) is 13.1 Å². The molecule has 0 radical (unpaired) electrons. The third-order valence-electron chi connectivity index (χ3n) is 4.68. The second-order valence-corrected chi connectivity index (χ2v) is 9.38. The lowest BCUT2D eigenvalue weighted by molar-refractivity contribution is 0.0951. The number of piperazine rings is 1. The average Bonchev–Trinajstić information content (AvgIpc) is 2.67. The standard InChI is InChI=1S/C19H21Cl2N3O3S/c1-23-8-10-24(11-9-23)28(26,27)15-6-7-18(21)16(12-15)19(25)22-13-14-4-2-3-5-17(14)20/h2-7,12H,8-11,13H2,1H3,(H,22,25). The SMILES string of the molecule is CN1CCN(S(=O)(=O)c2ccc(Cl)c(C(=O)NCc3ccccc3Cl)c2)CC1. The molecule has 0 saturated carbocycles. The zero-order valence-corrected chi connectivity index (χ0v) is 17.7. The Morgan fingerprint density at radius 2 is 1.71 bits per heavy atom. The Kier molecular flexibility index (Phi) is 6.62. The van der Waals surface area contributed by atoms with E-state index in [0.717, 1.165) is 5.56 Å². The summed E-state index contributed by atoms with van der Waals surface area (Å²) in [6.07, 6.45) is 0. The zero-order valence-electron chi connectivity index (χ0n) is 15.4. The van der Waals surface area contributed by atoms with Crippen LogP contribution >= 0.6 is 23.2 Å². The monoisotopic (exact) mass is 441 g/mol. The number of rotatable bonds is 5. The van der Waals surface area contributed by atoms with Crippen LogP contribution in [0.5, 0.6) is 0 Å². The number of hydrogen-bond donors (Lipinski definition) is 1. The lowest BCUT2D eigenvalue weighted by Crippen LogP contribution is -2.47. The van der Waals surface area contributed by atoms with Crippen LogP contribution in [-0.4, -0.2) is 56.8 Å². The second kappa shape index (κ2) is 8.80. The number of halogens is 2. The number of benzene rings is 2. The summed E-state index contributed by atoms with van der Waals surface area (Å²) >= 11 is 12.3. The highest BCUT2D eigenvalue weighted by Crippen LogP contribution is 2.24. The summed E-state index contributed by atoms with van der Waals surface area (Å²) in [6.45, 7) is 2.37. The van der Waals surface area contributed by atoms with Crippen LogP contribution in [0.2, 0.25) is 10.0 Å². The van der Waals surface area contributed by atoms with E-state index < -0.39 is 15.9 Å². The van der Waals surface area contributed by atoms with Crippen LogP contribution < -0.4 is 5.32 Å². The molecule has 1 heterocycles. The summed E-state index contributed by atoms with van der Waals surface area (Å²) in [7, 11) is -1.73. The molecule has 1 N–H and O–H groups in total. The van der Waals surface area contributed by atoms with Crippen molar-refractivity contribution in [3.63, 3.8) is 0 Å². The minimum Gasteiger partial charge on any atom is -0.348 e. The highest BCUT2D eigenvalue weighted by Gasteiger charge is 2.28. The molecule has 2 aromatic carbocycles. The largest absolute Gasteiger partial charge is 0.348 e. The summed E-state index contributed by atoms with van der Waals surface area (Å²) in [6, 6.07) is 11.4. The lowest BCUT2D eigenvalue weighted by Gasteiger charge is -2.31. The van der Waals surface area contributed by atoms with Crippen LogP contribution in [0.4, 0.5) is 0 Å². The molecule has 0 bridgehead atoms. The van der Waals surface area contributed by atoms with Crippen molar-refractivity contribution >= 4 is 39.1 Å². The molecule has 150 valence electrons. The maximum Gasteiger partial charge on any atom is 0.253 e. The molecule has 0 unspecified atom stereocenters. The van der Waals surface area contributed by atoms with E-state index in [0.29, 0.717) is 31.2 Å². The van der Waals surface area contributed by atoms with E-state index in [4.69, 9.17) is 23.2 Å². The van der Waals surface area contributed by atoms with Gasteiger partial charge in [-0.25, -0.2) is 8.42 Å². The number of amides is 1. The molecule has 0 spiro atoms. The van der Waals surface area contributed by atoms with Gasteiger partial charge in [0.15, 0.2) is 0 Å². The first-order valence-electron chi connectivity index (χ1n) is 8.79. The van der Waals surface area contributed by atoms with Crippen molar-refractivity contribution in [3.8, 4) is 0 Å². The van der Waals surface area contributed by atoms with E-state index in [-0.39, 0.29) is 22.0 Å². The predicted molar refractivity (Wildman–Crippen MR) is 110 cm³/mol. The van der Waals surface area contributed by atoms with E-state index in [1.54, 1.807) is 18.2 Å². The Labute approximate surface area is 175 Å². The van der Waals surface area contributed by atoms with E-state index in [1.165, 1.54) is 22.5 Å². The fourth-order valence-corrected chi connectivity index (χ4v) is 4.78. The number of sulfonamides is 1.